The molecule has 18 heavy (non-hydrogen) atoms. The van der Waals surface area contributed by atoms with E-state index < -0.39 is 0 Å². The summed E-state index contributed by atoms with van der Waals surface area (Å²) in [6.07, 6.45) is 3.49. The standard InChI is InChI=1S/C12H13IN2O3/c1-3-18-10(16)7-15-6-8(13)11-9(15)4-5-14(2)12(11)17/h4-6H,3,7H2,1-2H3. The molecule has 0 fully saturated rings. The van der Waals surface area contributed by atoms with Crippen molar-refractivity contribution in [1.29, 1.82) is 0 Å². The van der Waals surface area contributed by atoms with Crippen molar-refractivity contribution in [3.63, 3.8) is 0 Å². The smallest absolute Gasteiger partial charge is 0.325 e. The number of hydrogen-bond donors (Lipinski definition) is 0. The zero-order chi connectivity index (χ0) is 13.3. The van der Waals surface area contributed by atoms with Gasteiger partial charge in [-0.3, -0.25) is 9.59 Å². The molecule has 0 radical (unpaired) electrons. The highest BCUT2D eigenvalue weighted by Crippen LogP contribution is 2.19. The summed E-state index contributed by atoms with van der Waals surface area (Å²) in [5.74, 6) is -0.300. The summed E-state index contributed by atoms with van der Waals surface area (Å²) >= 11 is 2.10. The number of pyridine rings is 1. The first-order chi connectivity index (χ1) is 8.54. The van der Waals surface area contributed by atoms with Crippen molar-refractivity contribution >= 4 is 39.5 Å². The van der Waals surface area contributed by atoms with Crippen LogP contribution in [0.4, 0.5) is 0 Å². The Morgan fingerprint density at radius 3 is 2.89 bits per heavy atom. The lowest BCUT2D eigenvalue weighted by atomic mass is 10.3. The minimum absolute atomic E-state index is 0.0560. The van der Waals surface area contributed by atoms with E-state index in [9.17, 15) is 9.59 Å². The molecule has 2 rings (SSSR count). The number of hydrogen-bond acceptors (Lipinski definition) is 3. The molecule has 0 aromatic carbocycles. The summed E-state index contributed by atoms with van der Waals surface area (Å²) in [6, 6.07) is 1.83. The highest BCUT2D eigenvalue weighted by atomic mass is 127. The lowest BCUT2D eigenvalue weighted by molar-refractivity contribution is -0.143. The zero-order valence-corrected chi connectivity index (χ0v) is 12.3. The number of nitrogens with zero attached hydrogens (tertiary/aromatic N) is 2. The van der Waals surface area contributed by atoms with E-state index in [1.807, 2.05) is 6.07 Å². The van der Waals surface area contributed by atoms with E-state index >= 15 is 0 Å². The van der Waals surface area contributed by atoms with Crippen molar-refractivity contribution in [2.45, 2.75) is 13.5 Å². The van der Waals surface area contributed by atoms with E-state index in [1.165, 1.54) is 4.57 Å². The van der Waals surface area contributed by atoms with Gasteiger partial charge in [0.25, 0.3) is 5.56 Å². The Morgan fingerprint density at radius 2 is 2.22 bits per heavy atom. The van der Waals surface area contributed by atoms with Gasteiger partial charge in [0.2, 0.25) is 0 Å². The van der Waals surface area contributed by atoms with Gasteiger partial charge in [0.05, 0.1) is 17.5 Å². The molecule has 0 aliphatic heterocycles. The van der Waals surface area contributed by atoms with Crippen LogP contribution in [0.5, 0.6) is 0 Å². The number of aromatic nitrogens is 2. The van der Waals surface area contributed by atoms with Crippen LogP contribution in [0.2, 0.25) is 0 Å². The second kappa shape index (κ2) is 5.13. The molecular weight excluding hydrogens is 347 g/mol. The summed E-state index contributed by atoms with van der Waals surface area (Å²) in [5, 5.41) is 0.643. The lowest BCUT2D eigenvalue weighted by Crippen LogP contribution is -2.17. The minimum atomic E-state index is -0.300. The van der Waals surface area contributed by atoms with Crippen LogP contribution >= 0.6 is 22.6 Å². The van der Waals surface area contributed by atoms with Crippen LogP contribution in [-0.4, -0.2) is 21.7 Å². The van der Waals surface area contributed by atoms with Crippen LogP contribution in [0, 0.1) is 3.57 Å². The maximum Gasteiger partial charge on any atom is 0.325 e. The number of halogens is 1. The van der Waals surface area contributed by atoms with E-state index in [0.717, 1.165) is 9.09 Å². The van der Waals surface area contributed by atoms with E-state index in [1.54, 1.807) is 30.9 Å². The molecule has 0 saturated carbocycles. The van der Waals surface area contributed by atoms with E-state index in [4.69, 9.17) is 4.74 Å². The highest BCUT2D eigenvalue weighted by Gasteiger charge is 2.13. The molecular formula is C12H13IN2O3. The summed E-state index contributed by atoms with van der Waals surface area (Å²) < 4.78 is 9.03. The highest BCUT2D eigenvalue weighted by molar-refractivity contribution is 14.1. The fraction of sp³-hybridized carbons (Fsp3) is 0.333. The van der Waals surface area contributed by atoms with Gasteiger partial charge in [-0.2, -0.15) is 0 Å². The Bertz CT molecular complexity index is 657. The van der Waals surface area contributed by atoms with Crippen molar-refractivity contribution in [3.05, 3.63) is 32.4 Å². The third-order valence-corrected chi connectivity index (χ3v) is 3.49. The van der Waals surface area contributed by atoms with Gasteiger partial charge in [-0.1, -0.05) is 0 Å². The second-order valence-corrected chi connectivity index (χ2v) is 5.06. The monoisotopic (exact) mass is 360 g/mol. The Morgan fingerprint density at radius 1 is 1.50 bits per heavy atom. The van der Waals surface area contributed by atoms with Gasteiger partial charge in [-0.25, -0.2) is 0 Å². The average Bonchev–Trinajstić information content (AvgIpc) is 2.61. The number of ether oxygens (including phenoxy) is 1. The van der Waals surface area contributed by atoms with Gasteiger partial charge < -0.3 is 13.9 Å². The van der Waals surface area contributed by atoms with Gasteiger partial charge in [0, 0.05) is 23.0 Å². The van der Waals surface area contributed by atoms with Crippen LogP contribution in [0.15, 0.2) is 23.3 Å². The molecule has 2 aromatic heterocycles. The van der Waals surface area contributed by atoms with Crippen molar-refractivity contribution in [3.8, 4) is 0 Å². The van der Waals surface area contributed by atoms with Crippen molar-refractivity contribution in [2.24, 2.45) is 7.05 Å². The predicted octanol–water partition coefficient (Wildman–Crippen LogP) is 1.51. The number of rotatable bonds is 3. The molecule has 2 heterocycles. The Hall–Kier alpha value is -1.31. The van der Waals surface area contributed by atoms with Crippen LogP contribution in [-0.2, 0) is 23.1 Å². The van der Waals surface area contributed by atoms with Gasteiger partial charge in [0.1, 0.15) is 6.54 Å². The van der Waals surface area contributed by atoms with Crippen molar-refractivity contribution < 1.29 is 9.53 Å². The van der Waals surface area contributed by atoms with E-state index in [-0.39, 0.29) is 18.1 Å². The fourth-order valence-electron chi connectivity index (χ4n) is 1.83. The molecule has 0 unspecified atom stereocenters. The first kappa shape index (κ1) is 13.1. The van der Waals surface area contributed by atoms with Crippen LogP contribution < -0.4 is 5.56 Å². The molecule has 0 atom stereocenters. The minimum Gasteiger partial charge on any atom is -0.465 e. The molecule has 0 aliphatic carbocycles. The number of carbonyl (C=O) groups is 1. The average molecular weight is 360 g/mol. The molecule has 0 aliphatic rings. The Labute approximate surface area is 117 Å². The molecule has 0 bridgehead atoms. The molecule has 2 aromatic rings. The number of fused-ring (bicyclic) bond motifs is 1. The SMILES string of the molecule is CCOC(=O)Cn1cc(I)c2c(=O)n(C)ccc21. The summed E-state index contributed by atoms with van der Waals surface area (Å²) in [4.78, 5) is 23.5. The quantitative estimate of drug-likeness (QED) is 0.616. The molecule has 0 spiro atoms. The summed E-state index contributed by atoms with van der Waals surface area (Å²) in [6.45, 7) is 2.25. The van der Waals surface area contributed by atoms with E-state index in [2.05, 4.69) is 22.6 Å². The fourth-order valence-corrected chi connectivity index (χ4v) is 2.67. The lowest BCUT2D eigenvalue weighted by Gasteiger charge is -2.05. The van der Waals surface area contributed by atoms with Crippen LogP contribution in [0.1, 0.15) is 6.92 Å². The molecule has 6 heteroatoms. The van der Waals surface area contributed by atoms with Crippen molar-refractivity contribution in [2.75, 3.05) is 6.61 Å². The predicted molar refractivity (Wildman–Crippen MR) is 76.5 cm³/mol. The van der Waals surface area contributed by atoms with Crippen LogP contribution in [0.25, 0.3) is 10.9 Å². The molecule has 0 N–H and O–H groups in total. The van der Waals surface area contributed by atoms with Gasteiger partial charge >= 0.3 is 5.97 Å². The number of aryl methyl sites for hydroxylation is 1. The first-order valence-electron chi connectivity index (χ1n) is 5.54. The largest absolute Gasteiger partial charge is 0.465 e. The summed E-state index contributed by atoms with van der Waals surface area (Å²) in [7, 11) is 1.71. The second-order valence-electron chi connectivity index (χ2n) is 3.90. The molecule has 96 valence electrons. The van der Waals surface area contributed by atoms with Gasteiger partial charge in [-0.15, -0.1) is 0 Å². The Balaban J connectivity index is 2.51. The topological polar surface area (TPSA) is 53.2 Å². The third kappa shape index (κ3) is 2.29. The maximum atomic E-state index is 12.0. The normalized spacial score (nSPS) is 10.8. The van der Waals surface area contributed by atoms with Gasteiger partial charge in [-0.05, 0) is 35.6 Å². The number of esters is 1. The third-order valence-electron chi connectivity index (χ3n) is 2.67. The van der Waals surface area contributed by atoms with Gasteiger partial charge in [0.15, 0.2) is 0 Å². The van der Waals surface area contributed by atoms with Crippen LogP contribution in [0.3, 0.4) is 0 Å². The van der Waals surface area contributed by atoms with Crippen molar-refractivity contribution in [1.82, 2.24) is 9.13 Å². The zero-order valence-electron chi connectivity index (χ0n) is 10.1. The first-order valence-corrected chi connectivity index (χ1v) is 6.62. The molecule has 0 amide bonds. The maximum absolute atomic E-state index is 12.0. The number of carbonyl (C=O) groups excluding carboxylic acids is 1. The Kier molecular flexibility index (Phi) is 3.74. The molecule has 0 saturated heterocycles. The molecule has 5 nitrogen and oxygen atoms in total. The summed E-state index contributed by atoms with van der Waals surface area (Å²) in [5.41, 5.74) is 0.704. The van der Waals surface area contributed by atoms with E-state index in [0.29, 0.717) is 12.0 Å².